The number of para-hydroxylation sites is 1. The lowest BCUT2D eigenvalue weighted by Gasteiger charge is -2.25. The number of methoxy groups -OCH3 is 1. The molecule has 1 amide bonds. The minimum Gasteiger partial charge on any atom is -0.497 e. The van der Waals surface area contributed by atoms with E-state index >= 15 is 0 Å². The maximum atomic E-state index is 12.9. The number of hydrogen-bond acceptors (Lipinski definition) is 3. The van der Waals surface area contributed by atoms with E-state index in [4.69, 9.17) is 9.47 Å². The van der Waals surface area contributed by atoms with Crippen LogP contribution in [0.4, 0.5) is 0 Å². The summed E-state index contributed by atoms with van der Waals surface area (Å²) in [6.45, 7) is 8.26. The van der Waals surface area contributed by atoms with Crippen molar-refractivity contribution < 1.29 is 14.3 Å². The van der Waals surface area contributed by atoms with Gasteiger partial charge >= 0.3 is 0 Å². The van der Waals surface area contributed by atoms with Gasteiger partial charge in [0.1, 0.15) is 11.5 Å². The van der Waals surface area contributed by atoms with Gasteiger partial charge in [-0.15, -0.1) is 0 Å². The van der Waals surface area contributed by atoms with Gasteiger partial charge in [-0.05, 0) is 55.0 Å². The first-order valence-electron chi connectivity index (χ1n) is 9.61. The molecule has 2 aromatic rings. The highest BCUT2D eigenvalue weighted by atomic mass is 16.5. The van der Waals surface area contributed by atoms with Crippen LogP contribution in [0.5, 0.6) is 11.5 Å². The highest BCUT2D eigenvalue weighted by molar-refractivity contribution is 5.81. The predicted molar refractivity (Wildman–Crippen MR) is 109 cm³/mol. The summed E-state index contributed by atoms with van der Waals surface area (Å²) in [6.07, 6.45) is 0.953. The van der Waals surface area contributed by atoms with Gasteiger partial charge in [0.2, 0.25) is 0 Å². The first-order valence-corrected chi connectivity index (χ1v) is 9.61. The van der Waals surface area contributed by atoms with Crippen molar-refractivity contribution in [2.45, 2.75) is 52.7 Å². The van der Waals surface area contributed by atoms with Crippen molar-refractivity contribution in [3.05, 3.63) is 59.7 Å². The summed E-state index contributed by atoms with van der Waals surface area (Å²) >= 11 is 0. The highest BCUT2D eigenvalue weighted by Gasteiger charge is 2.23. The van der Waals surface area contributed by atoms with Gasteiger partial charge in [0.25, 0.3) is 5.91 Å². The van der Waals surface area contributed by atoms with Gasteiger partial charge < -0.3 is 14.8 Å². The molecule has 0 bridgehead atoms. The summed E-state index contributed by atoms with van der Waals surface area (Å²) in [7, 11) is 1.65. The first kappa shape index (κ1) is 20.8. The predicted octanol–water partition coefficient (Wildman–Crippen LogP) is 5.06. The number of hydrogen-bond donors (Lipinski definition) is 1. The van der Waals surface area contributed by atoms with Crippen molar-refractivity contribution >= 4 is 5.91 Å². The van der Waals surface area contributed by atoms with Crippen LogP contribution in [-0.2, 0) is 4.79 Å². The van der Waals surface area contributed by atoms with Crippen molar-refractivity contribution in [2.75, 3.05) is 7.11 Å². The Kier molecular flexibility index (Phi) is 7.71. The number of rotatable bonds is 9. The number of nitrogens with one attached hydrogen (secondary N) is 1. The van der Waals surface area contributed by atoms with E-state index in [-0.39, 0.29) is 11.9 Å². The van der Waals surface area contributed by atoms with Crippen LogP contribution in [0.3, 0.4) is 0 Å². The van der Waals surface area contributed by atoms with Crippen LogP contribution in [0.1, 0.15) is 50.8 Å². The van der Waals surface area contributed by atoms with E-state index in [9.17, 15) is 4.79 Å². The van der Waals surface area contributed by atoms with Crippen LogP contribution in [0.2, 0.25) is 0 Å². The number of carbonyl (C=O) groups is 1. The third-order valence-electron chi connectivity index (χ3n) is 4.57. The molecule has 0 saturated carbocycles. The Hall–Kier alpha value is -2.49. The van der Waals surface area contributed by atoms with Gasteiger partial charge in [0.05, 0.1) is 13.2 Å². The van der Waals surface area contributed by atoms with E-state index in [1.165, 1.54) is 0 Å². The second-order valence-electron chi connectivity index (χ2n) is 7.24. The van der Waals surface area contributed by atoms with Crippen LogP contribution < -0.4 is 14.8 Å². The quantitative estimate of drug-likeness (QED) is 0.672. The molecule has 0 aliphatic heterocycles. The molecular weight excluding hydrogens is 338 g/mol. The molecule has 2 atom stereocenters. The van der Waals surface area contributed by atoms with E-state index in [0.717, 1.165) is 29.0 Å². The smallest absolute Gasteiger partial charge is 0.261 e. The molecule has 0 aromatic heterocycles. The molecule has 0 heterocycles. The van der Waals surface area contributed by atoms with Gasteiger partial charge in [0.15, 0.2) is 6.10 Å². The molecule has 0 unspecified atom stereocenters. The summed E-state index contributed by atoms with van der Waals surface area (Å²) in [4.78, 5) is 12.9. The number of amides is 1. The zero-order chi connectivity index (χ0) is 19.8. The Balaban J connectivity index is 2.13. The van der Waals surface area contributed by atoms with Gasteiger partial charge in [0, 0.05) is 0 Å². The lowest BCUT2D eigenvalue weighted by atomic mass is 9.96. The van der Waals surface area contributed by atoms with Crippen LogP contribution in [0.15, 0.2) is 48.5 Å². The summed E-state index contributed by atoms with van der Waals surface area (Å²) < 4.78 is 11.2. The van der Waals surface area contributed by atoms with Crippen LogP contribution in [0, 0.1) is 12.8 Å². The molecule has 1 N–H and O–H groups in total. The fourth-order valence-electron chi connectivity index (χ4n) is 3.01. The Morgan fingerprint density at radius 2 is 1.74 bits per heavy atom. The van der Waals surface area contributed by atoms with Gasteiger partial charge in [-0.1, -0.05) is 51.1 Å². The van der Waals surface area contributed by atoms with Crippen molar-refractivity contribution in [1.29, 1.82) is 0 Å². The van der Waals surface area contributed by atoms with E-state index < -0.39 is 6.10 Å². The molecule has 146 valence electrons. The average Bonchev–Trinajstić information content (AvgIpc) is 2.66. The minimum absolute atomic E-state index is 0.0575. The lowest BCUT2D eigenvalue weighted by Crippen LogP contribution is -2.40. The fraction of sp³-hybridized carbons (Fsp3) is 0.435. The summed E-state index contributed by atoms with van der Waals surface area (Å²) in [5, 5.41) is 3.19. The number of ether oxygens (including phenoxy) is 2. The number of aryl methyl sites for hydroxylation is 1. The number of benzene rings is 2. The number of carbonyl (C=O) groups excluding carboxylic acids is 1. The van der Waals surface area contributed by atoms with Crippen LogP contribution >= 0.6 is 0 Å². The zero-order valence-corrected chi connectivity index (χ0v) is 17.0. The fourth-order valence-corrected chi connectivity index (χ4v) is 3.01. The second kappa shape index (κ2) is 10.0. The maximum Gasteiger partial charge on any atom is 0.261 e. The third-order valence-corrected chi connectivity index (χ3v) is 4.57. The lowest BCUT2D eigenvalue weighted by molar-refractivity contribution is -0.129. The van der Waals surface area contributed by atoms with Crippen molar-refractivity contribution in [3.63, 3.8) is 0 Å². The SMILES string of the molecule is CC[C@H](Oc1ccccc1C)C(=O)N[C@H](CC(C)C)c1ccc(OC)cc1. The van der Waals surface area contributed by atoms with Gasteiger partial charge in [-0.2, -0.15) is 0 Å². The molecule has 0 aliphatic carbocycles. The van der Waals surface area contributed by atoms with Crippen molar-refractivity contribution in [3.8, 4) is 11.5 Å². The molecule has 0 radical (unpaired) electrons. The van der Waals surface area contributed by atoms with Gasteiger partial charge in [-0.3, -0.25) is 4.79 Å². The molecule has 4 heteroatoms. The molecular formula is C23H31NO3. The Morgan fingerprint density at radius 3 is 2.30 bits per heavy atom. The van der Waals surface area contributed by atoms with Crippen LogP contribution in [0.25, 0.3) is 0 Å². The molecule has 0 spiro atoms. The van der Waals surface area contributed by atoms with Crippen molar-refractivity contribution in [1.82, 2.24) is 5.32 Å². The Labute approximate surface area is 162 Å². The maximum absolute atomic E-state index is 12.9. The largest absolute Gasteiger partial charge is 0.497 e. The molecule has 27 heavy (non-hydrogen) atoms. The third kappa shape index (κ3) is 6.02. The summed E-state index contributed by atoms with van der Waals surface area (Å²) in [6, 6.07) is 15.6. The monoisotopic (exact) mass is 369 g/mol. The molecule has 4 nitrogen and oxygen atoms in total. The topological polar surface area (TPSA) is 47.6 Å². The minimum atomic E-state index is -0.515. The van der Waals surface area contributed by atoms with E-state index in [0.29, 0.717) is 12.3 Å². The highest BCUT2D eigenvalue weighted by Crippen LogP contribution is 2.25. The molecule has 0 aliphatic rings. The summed E-state index contributed by atoms with van der Waals surface area (Å²) in [5.41, 5.74) is 2.10. The molecule has 2 rings (SSSR count). The molecule has 2 aromatic carbocycles. The van der Waals surface area contributed by atoms with E-state index in [1.54, 1.807) is 7.11 Å². The van der Waals surface area contributed by atoms with E-state index in [2.05, 4.69) is 19.2 Å². The molecule has 0 fully saturated rings. The first-order chi connectivity index (χ1) is 12.9. The van der Waals surface area contributed by atoms with Gasteiger partial charge in [-0.25, -0.2) is 0 Å². The summed E-state index contributed by atoms with van der Waals surface area (Å²) in [5.74, 6) is 1.93. The Morgan fingerprint density at radius 1 is 1.07 bits per heavy atom. The van der Waals surface area contributed by atoms with Crippen molar-refractivity contribution in [2.24, 2.45) is 5.92 Å². The normalized spacial score (nSPS) is 13.1. The Bertz CT molecular complexity index is 725. The molecule has 0 saturated heterocycles. The standard InChI is InChI=1S/C23H31NO3/c1-6-21(27-22-10-8-7-9-17(22)4)23(25)24-20(15-16(2)3)18-11-13-19(26-5)14-12-18/h7-14,16,20-21H,6,15H2,1-5H3,(H,24,25)/t20-,21+/m1/s1. The second-order valence-corrected chi connectivity index (χ2v) is 7.24. The zero-order valence-electron chi connectivity index (χ0n) is 17.0. The van der Waals surface area contributed by atoms with E-state index in [1.807, 2.05) is 62.4 Å². The van der Waals surface area contributed by atoms with Crippen LogP contribution in [-0.4, -0.2) is 19.1 Å². The average molecular weight is 370 g/mol.